The first kappa shape index (κ1) is 25.2. The second kappa shape index (κ2) is 9.45. The SMILES string of the molecule is Cn1nnnc1-c1nc2c(n1C)CN([C@H]1CO[C@H](c3cc(F)ccc3F)[C@@H](NC(=O)OC(C)(C)C)C1)C2. The Bertz CT molecular complexity index is 1320. The fourth-order valence-electron chi connectivity index (χ4n) is 4.93. The summed E-state index contributed by atoms with van der Waals surface area (Å²) in [7, 11) is 3.68. The molecule has 1 fully saturated rings. The maximum Gasteiger partial charge on any atom is 0.407 e. The lowest BCUT2D eigenvalue weighted by molar-refractivity contribution is -0.0630. The summed E-state index contributed by atoms with van der Waals surface area (Å²) in [6, 6.07) is 2.50. The molecular formula is C24H30F2N8O3. The summed E-state index contributed by atoms with van der Waals surface area (Å²) < 4.78 is 43.7. The molecule has 3 atom stereocenters. The smallest absolute Gasteiger partial charge is 0.407 e. The van der Waals surface area contributed by atoms with E-state index in [-0.39, 0.29) is 18.2 Å². The van der Waals surface area contributed by atoms with Crippen molar-refractivity contribution in [1.82, 2.24) is 40.0 Å². The van der Waals surface area contributed by atoms with Gasteiger partial charge in [0.15, 0.2) is 5.82 Å². The molecule has 0 bridgehead atoms. The van der Waals surface area contributed by atoms with E-state index in [2.05, 4.69) is 25.7 Å². The predicted molar refractivity (Wildman–Crippen MR) is 127 cm³/mol. The van der Waals surface area contributed by atoms with Crippen molar-refractivity contribution < 1.29 is 23.0 Å². The number of carbonyl (C=O) groups is 1. The monoisotopic (exact) mass is 516 g/mol. The van der Waals surface area contributed by atoms with E-state index >= 15 is 0 Å². The van der Waals surface area contributed by atoms with Crippen LogP contribution in [-0.4, -0.2) is 65.0 Å². The van der Waals surface area contributed by atoms with Crippen molar-refractivity contribution in [3.8, 4) is 11.6 Å². The summed E-state index contributed by atoms with van der Waals surface area (Å²) in [5.41, 5.74) is 1.30. The molecule has 2 aromatic heterocycles. The van der Waals surface area contributed by atoms with Gasteiger partial charge in [-0.05, 0) is 55.8 Å². The Hall–Kier alpha value is -3.45. The molecule has 2 aliphatic heterocycles. The van der Waals surface area contributed by atoms with Crippen molar-refractivity contribution in [2.24, 2.45) is 14.1 Å². The van der Waals surface area contributed by atoms with E-state index in [0.717, 1.165) is 29.6 Å². The highest BCUT2D eigenvalue weighted by atomic mass is 19.1. The number of amides is 1. The Balaban J connectivity index is 1.35. The third kappa shape index (κ3) is 5.05. The minimum atomic E-state index is -0.863. The largest absolute Gasteiger partial charge is 0.444 e. The number of nitrogens with one attached hydrogen (secondary N) is 1. The lowest BCUT2D eigenvalue weighted by Crippen LogP contribution is -2.52. The van der Waals surface area contributed by atoms with Gasteiger partial charge in [0, 0.05) is 38.8 Å². The number of rotatable bonds is 4. The number of hydrogen-bond acceptors (Lipinski definition) is 8. The van der Waals surface area contributed by atoms with Crippen molar-refractivity contribution >= 4 is 6.09 Å². The van der Waals surface area contributed by atoms with Gasteiger partial charge in [0.05, 0.1) is 24.0 Å². The first-order chi connectivity index (χ1) is 17.5. The topological polar surface area (TPSA) is 112 Å². The van der Waals surface area contributed by atoms with Crippen molar-refractivity contribution in [2.45, 2.75) is 64.1 Å². The number of carbonyl (C=O) groups excluding carboxylic acids is 1. The molecule has 1 saturated heterocycles. The average Bonchev–Trinajstić information content (AvgIpc) is 3.50. The van der Waals surface area contributed by atoms with Gasteiger partial charge in [-0.25, -0.2) is 23.2 Å². The number of hydrogen-bond donors (Lipinski definition) is 1. The van der Waals surface area contributed by atoms with Crippen LogP contribution in [0.15, 0.2) is 18.2 Å². The minimum Gasteiger partial charge on any atom is -0.444 e. The summed E-state index contributed by atoms with van der Waals surface area (Å²) in [5.74, 6) is 0.0896. The molecule has 11 nitrogen and oxygen atoms in total. The van der Waals surface area contributed by atoms with E-state index in [9.17, 15) is 13.6 Å². The summed E-state index contributed by atoms with van der Waals surface area (Å²) in [4.78, 5) is 19.6. The highest BCUT2D eigenvalue weighted by Gasteiger charge is 2.40. The van der Waals surface area contributed by atoms with Gasteiger partial charge in [0.1, 0.15) is 23.3 Å². The fourth-order valence-corrected chi connectivity index (χ4v) is 4.93. The van der Waals surface area contributed by atoms with Crippen LogP contribution in [0, 0.1) is 11.6 Å². The van der Waals surface area contributed by atoms with Gasteiger partial charge in [-0.1, -0.05) is 0 Å². The van der Waals surface area contributed by atoms with Gasteiger partial charge in [0.2, 0.25) is 5.82 Å². The summed E-state index contributed by atoms with van der Waals surface area (Å²) in [6.07, 6.45) is -1.05. The molecule has 3 aromatic rings. The van der Waals surface area contributed by atoms with Gasteiger partial charge < -0.3 is 19.4 Å². The van der Waals surface area contributed by atoms with E-state index in [1.54, 1.807) is 32.5 Å². The van der Waals surface area contributed by atoms with E-state index in [1.165, 1.54) is 0 Å². The Morgan fingerprint density at radius 2 is 1.97 bits per heavy atom. The molecular weight excluding hydrogens is 486 g/mol. The number of halogens is 2. The number of aromatic nitrogens is 6. The number of ether oxygens (including phenoxy) is 2. The molecule has 1 amide bonds. The molecule has 0 saturated carbocycles. The van der Waals surface area contributed by atoms with Gasteiger partial charge in [-0.2, -0.15) is 0 Å². The molecule has 0 radical (unpaired) electrons. The summed E-state index contributed by atoms with van der Waals surface area (Å²) in [6.45, 7) is 6.74. The molecule has 1 N–H and O–H groups in total. The molecule has 5 rings (SSSR count). The normalized spacial score (nSPS) is 22.2. The standard InChI is InChI=1S/C24H30F2N8O3/c1-24(2,3)37-23(35)28-17-9-14(12-36-20(17)15-8-13(25)6-7-16(15)26)34-10-18-19(11-34)32(4)21(27-18)22-29-30-31-33(22)5/h6-8,14,17,20H,9-12H2,1-5H3,(H,28,35)/t14-,17+,20-/m1/s1. The van der Waals surface area contributed by atoms with Crippen LogP contribution in [0.4, 0.5) is 13.6 Å². The first-order valence-electron chi connectivity index (χ1n) is 12.1. The molecule has 0 unspecified atom stereocenters. The number of imidazole rings is 1. The zero-order valence-electron chi connectivity index (χ0n) is 21.4. The van der Waals surface area contributed by atoms with Crippen LogP contribution in [0.25, 0.3) is 11.6 Å². The third-order valence-corrected chi connectivity index (χ3v) is 6.67. The van der Waals surface area contributed by atoms with Crippen LogP contribution in [0.3, 0.4) is 0 Å². The van der Waals surface area contributed by atoms with Crippen LogP contribution < -0.4 is 5.32 Å². The fraction of sp³-hybridized carbons (Fsp3) is 0.542. The van der Waals surface area contributed by atoms with Crippen molar-refractivity contribution in [3.63, 3.8) is 0 Å². The maximum absolute atomic E-state index is 14.7. The van der Waals surface area contributed by atoms with E-state index in [1.807, 2.05) is 11.6 Å². The van der Waals surface area contributed by atoms with Crippen LogP contribution in [0.2, 0.25) is 0 Å². The lowest BCUT2D eigenvalue weighted by Gasteiger charge is -2.40. The average molecular weight is 517 g/mol. The highest BCUT2D eigenvalue weighted by molar-refractivity contribution is 5.68. The van der Waals surface area contributed by atoms with E-state index in [4.69, 9.17) is 14.5 Å². The molecule has 13 heteroatoms. The number of benzene rings is 1. The van der Waals surface area contributed by atoms with Gasteiger partial charge in [0.25, 0.3) is 0 Å². The quantitative estimate of drug-likeness (QED) is 0.563. The van der Waals surface area contributed by atoms with Crippen LogP contribution in [0.1, 0.15) is 50.2 Å². The molecule has 1 aromatic carbocycles. The Kier molecular flexibility index (Phi) is 6.44. The number of alkyl carbamates (subject to hydrolysis) is 1. The summed E-state index contributed by atoms with van der Waals surface area (Å²) >= 11 is 0. The number of fused-ring (bicyclic) bond motifs is 1. The van der Waals surface area contributed by atoms with Crippen molar-refractivity contribution in [1.29, 1.82) is 0 Å². The molecule has 0 aliphatic carbocycles. The third-order valence-electron chi connectivity index (χ3n) is 6.67. The Morgan fingerprint density at radius 1 is 1.19 bits per heavy atom. The molecule has 198 valence electrons. The Morgan fingerprint density at radius 3 is 2.65 bits per heavy atom. The lowest BCUT2D eigenvalue weighted by atomic mass is 9.92. The van der Waals surface area contributed by atoms with Crippen LogP contribution >= 0.6 is 0 Å². The summed E-state index contributed by atoms with van der Waals surface area (Å²) in [5, 5.41) is 14.5. The van der Waals surface area contributed by atoms with E-state index in [0.29, 0.717) is 31.2 Å². The van der Waals surface area contributed by atoms with Crippen molar-refractivity contribution in [3.05, 3.63) is 46.8 Å². The van der Waals surface area contributed by atoms with Gasteiger partial charge in [-0.15, -0.1) is 5.10 Å². The maximum atomic E-state index is 14.7. The van der Waals surface area contributed by atoms with Gasteiger partial charge in [-0.3, -0.25) is 4.90 Å². The van der Waals surface area contributed by atoms with Crippen LogP contribution in [0.5, 0.6) is 0 Å². The highest BCUT2D eigenvalue weighted by Crippen LogP contribution is 2.36. The molecule has 2 aliphatic rings. The molecule has 0 spiro atoms. The van der Waals surface area contributed by atoms with E-state index < -0.39 is 35.5 Å². The second-order valence-electron chi connectivity index (χ2n) is 10.5. The molecule has 37 heavy (non-hydrogen) atoms. The number of aryl methyl sites for hydroxylation is 1. The second-order valence-corrected chi connectivity index (χ2v) is 10.5. The zero-order chi connectivity index (χ0) is 26.5. The van der Waals surface area contributed by atoms with Crippen LogP contribution in [-0.2, 0) is 36.7 Å². The predicted octanol–water partition coefficient (Wildman–Crippen LogP) is 2.63. The molecule has 4 heterocycles. The number of tetrazole rings is 1. The zero-order valence-corrected chi connectivity index (χ0v) is 21.4. The minimum absolute atomic E-state index is 0.0628. The Labute approximate surface area is 212 Å². The van der Waals surface area contributed by atoms with Crippen molar-refractivity contribution in [2.75, 3.05) is 6.61 Å². The van der Waals surface area contributed by atoms with Gasteiger partial charge >= 0.3 is 6.09 Å². The number of nitrogens with zero attached hydrogens (tertiary/aromatic N) is 7. The first-order valence-corrected chi connectivity index (χ1v) is 12.1.